The van der Waals surface area contributed by atoms with E-state index in [1.165, 1.54) is 4.57 Å². The summed E-state index contributed by atoms with van der Waals surface area (Å²) in [5, 5.41) is 28.4. The summed E-state index contributed by atoms with van der Waals surface area (Å²) in [7, 11) is 1.76. The molecule has 0 aromatic carbocycles. The van der Waals surface area contributed by atoms with Crippen LogP contribution in [0.15, 0.2) is 35.6 Å². The van der Waals surface area contributed by atoms with Crippen LogP contribution in [0.5, 0.6) is 0 Å². The second-order valence-corrected chi connectivity index (χ2v) is 4.25. The highest BCUT2D eigenvalue weighted by atomic mass is 16.5. The first kappa shape index (κ1) is 14.5. The number of carbonyl (C=O) groups is 1. The number of aliphatic hydroxyl groups is 1. The number of aromatic nitrogens is 2. The first-order valence-corrected chi connectivity index (χ1v) is 6.11. The molecule has 0 aliphatic heterocycles. The first-order valence-electron chi connectivity index (χ1n) is 6.11. The molecule has 1 heterocycles. The summed E-state index contributed by atoms with van der Waals surface area (Å²) in [6.07, 6.45) is 4.45. The van der Waals surface area contributed by atoms with E-state index in [-0.39, 0.29) is 23.6 Å². The maximum atomic E-state index is 12.3. The number of nitrogens with zero attached hydrogens (tertiary/aromatic N) is 4. The summed E-state index contributed by atoms with van der Waals surface area (Å²) in [4.78, 5) is 12.3. The fourth-order valence-electron chi connectivity index (χ4n) is 1.99. The molecule has 1 radical (unpaired) electrons. The third kappa shape index (κ3) is 2.31. The number of ketones is 1. The van der Waals surface area contributed by atoms with Gasteiger partial charge in [-0.2, -0.15) is 15.1 Å². The molecule has 0 spiro atoms. The molecule has 0 saturated heterocycles. The molecule has 0 atom stereocenters. The summed E-state index contributed by atoms with van der Waals surface area (Å²) in [6, 6.07) is 3.34. The fourth-order valence-corrected chi connectivity index (χ4v) is 1.99. The topological polar surface area (TPSA) is 103 Å². The van der Waals surface area contributed by atoms with Crippen molar-refractivity contribution in [1.29, 1.82) is 10.5 Å². The van der Waals surface area contributed by atoms with Crippen LogP contribution in [0.2, 0.25) is 0 Å². The molecule has 1 aliphatic rings. The van der Waals surface area contributed by atoms with Crippen molar-refractivity contribution in [2.45, 2.75) is 6.92 Å². The number of imidazole rings is 1. The number of nitriles is 2. The van der Waals surface area contributed by atoms with E-state index < -0.39 is 17.5 Å². The van der Waals surface area contributed by atoms with Crippen LogP contribution in [0.4, 0.5) is 0 Å². The molecule has 105 valence electrons. The summed E-state index contributed by atoms with van der Waals surface area (Å²) in [5.41, 5.74) is -0.714. The van der Waals surface area contributed by atoms with E-state index in [0.717, 1.165) is 0 Å². The minimum absolute atomic E-state index is 0.0537. The van der Waals surface area contributed by atoms with Gasteiger partial charge in [-0.15, -0.1) is 0 Å². The molecule has 2 rings (SSSR count). The summed E-state index contributed by atoms with van der Waals surface area (Å²) >= 11 is 0. The van der Waals surface area contributed by atoms with Gasteiger partial charge in [0.2, 0.25) is 24.0 Å². The molecule has 21 heavy (non-hydrogen) atoms. The van der Waals surface area contributed by atoms with Crippen molar-refractivity contribution < 1.29 is 19.2 Å². The van der Waals surface area contributed by atoms with Crippen LogP contribution in [0.1, 0.15) is 6.92 Å². The molecule has 0 bridgehead atoms. The molecule has 0 saturated carbocycles. The third-order valence-corrected chi connectivity index (χ3v) is 2.90. The molecule has 0 unspecified atom stereocenters. The Morgan fingerprint density at radius 2 is 2.05 bits per heavy atom. The molecule has 7 heteroatoms. The van der Waals surface area contributed by atoms with E-state index in [9.17, 15) is 9.90 Å². The van der Waals surface area contributed by atoms with Gasteiger partial charge in [0.05, 0.1) is 25.3 Å². The molecule has 1 aromatic rings. The second kappa shape index (κ2) is 5.61. The normalized spacial score (nSPS) is 16.0. The lowest BCUT2D eigenvalue weighted by atomic mass is 9.91. The number of rotatable bonds is 3. The Balaban J connectivity index is 2.68. The van der Waals surface area contributed by atoms with Crippen molar-refractivity contribution in [2.75, 3.05) is 6.61 Å². The molecule has 0 amide bonds. The van der Waals surface area contributed by atoms with Crippen LogP contribution in [0.25, 0.3) is 5.70 Å². The van der Waals surface area contributed by atoms with E-state index in [4.69, 9.17) is 15.3 Å². The average Bonchev–Trinajstić information content (AvgIpc) is 2.88. The SMILES string of the molecule is CCOC1=C(n2cc[n+](C)c2)[C](O)C(C#N)=C(C#N)C1=O. The minimum atomic E-state index is -0.708. The van der Waals surface area contributed by atoms with E-state index >= 15 is 0 Å². The van der Waals surface area contributed by atoms with E-state index in [2.05, 4.69) is 0 Å². The van der Waals surface area contributed by atoms with Crippen molar-refractivity contribution >= 4 is 11.5 Å². The van der Waals surface area contributed by atoms with E-state index in [0.29, 0.717) is 0 Å². The molecular formula is C14H12N4O3+. The number of allylic oxidation sites excluding steroid dienone is 1. The van der Waals surface area contributed by atoms with Crippen molar-refractivity contribution in [2.24, 2.45) is 7.05 Å². The van der Waals surface area contributed by atoms with Crippen molar-refractivity contribution in [3.8, 4) is 12.1 Å². The number of hydrogen-bond acceptors (Lipinski definition) is 5. The van der Waals surface area contributed by atoms with Crippen LogP contribution in [0.3, 0.4) is 0 Å². The zero-order valence-corrected chi connectivity index (χ0v) is 11.5. The van der Waals surface area contributed by atoms with Gasteiger partial charge in [-0.3, -0.25) is 4.79 Å². The lowest BCUT2D eigenvalue weighted by Crippen LogP contribution is -2.27. The number of aliphatic hydroxyl groups excluding tert-OH is 1. The Labute approximate surface area is 121 Å². The average molecular weight is 284 g/mol. The highest BCUT2D eigenvalue weighted by Gasteiger charge is 2.41. The van der Waals surface area contributed by atoms with Gasteiger partial charge >= 0.3 is 0 Å². The predicted molar refractivity (Wildman–Crippen MR) is 68.9 cm³/mol. The summed E-state index contributed by atoms with van der Waals surface area (Å²) in [6.45, 7) is 1.87. The minimum Gasteiger partial charge on any atom is -0.486 e. The standard InChI is InChI=1S/C14H12N4O3/c1-3-21-14-11(18-5-4-17(2)8-18)12(19)9(6-15)10(7-16)13(14)20/h4-5,8,19H,3H2,1-2H3/q+1. The van der Waals surface area contributed by atoms with Crippen LogP contribution in [-0.2, 0) is 16.6 Å². The molecule has 7 nitrogen and oxygen atoms in total. The number of ether oxygens (including phenoxy) is 1. The Bertz CT molecular complexity index is 743. The van der Waals surface area contributed by atoms with Crippen molar-refractivity contribution in [3.63, 3.8) is 0 Å². The summed E-state index contributed by atoms with van der Waals surface area (Å²) < 4.78 is 8.45. The quantitative estimate of drug-likeness (QED) is 0.807. The number of hydrogen-bond donors (Lipinski definition) is 1. The first-order chi connectivity index (χ1) is 10.0. The number of aryl methyl sites for hydroxylation is 1. The highest BCUT2D eigenvalue weighted by molar-refractivity contribution is 6.17. The molecule has 1 aliphatic carbocycles. The molecule has 0 fully saturated rings. The Hall–Kier alpha value is -2.90. The van der Waals surface area contributed by atoms with Gasteiger partial charge in [0.1, 0.15) is 24.0 Å². The lowest BCUT2D eigenvalue weighted by molar-refractivity contribution is -0.670. The zero-order valence-electron chi connectivity index (χ0n) is 11.5. The van der Waals surface area contributed by atoms with Gasteiger partial charge < -0.3 is 9.84 Å². The van der Waals surface area contributed by atoms with Crippen LogP contribution in [-0.4, -0.2) is 22.1 Å². The number of Topliss-reactive ketones (excluding diaryl/α,β-unsaturated/α-hetero) is 1. The van der Waals surface area contributed by atoms with Gasteiger partial charge in [0.15, 0.2) is 5.70 Å². The van der Waals surface area contributed by atoms with Crippen molar-refractivity contribution in [3.05, 3.63) is 41.7 Å². The lowest BCUT2D eigenvalue weighted by Gasteiger charge is -2.19. The van der Waals surface area contributed by atoms with E-state index in [1.54, 1.807) is 49.4 Å². The van der Waals surface area contributed by atoms with Gasteiger partial charge in [-0.25, -0.2) is 4.57 Å². The largest absolute Gasteiger partial charge is 0.486 e. The van der Waals surface area contributed by atoms with Gasteiger partial charge in [0, 0.05) is 0 Å². The monoisotopic (exact) mass is 284 g/mol. The van der Waals surface area contributed by atoms with Crippen LogP contribution >= 0.6 is 0 Å². The maximum absolute atomic E-state index is 12.3. The Morgan fingerprint density at radius 3 is 2.52 bits per heavy atom. The maximum Gasteiger partial charge on any atom is 0.248 e. The molecule has 1 aromatic heterocycles. The van der Waals surface area contributed by atoms with Crippen LogP contribution < -0.4 is 4.57 Å². The smallest absolute Gasteiger partial charge is 0.248 e. The van der Waals surface area contributed by atoms with Crippen LogP contribution in [0, 0.1) is 28.8 Å². The molecular weight excluding hydrogens is 272 g/mol. The third-order valence-electron chi connectivity index (χ3n) is 2.90. The second-order valence-electron chi connectivity index (χ2n) is 4.25. The number of carbonyl (C=O) groups excluding carboxylic acids is 1. The molecule has 1 N–H and O–H groups in total. The Morgan fingerprint density at radius 1 is 1.38 bits per heavy atom. The Kier molecular flexibility index (Phi) is 3.88. The van der Waals surface area contributed by atoms with Gasteiger partial charge in [-0.05, 0) is 6.92 Å². The van der Waals surface area contributed by atoms with E-state index in [1.807, 2.05) is 0 Å². The van der Waals surface area contributed by atoms with Gasteiger partial charge in [0.25, 0.3) is 0 Å². The summed E-state index contributed by atoms with van der Waals surface area (Å²) in [5.74, 6) is -0.859. The van der Waals surface area contributed by atoms with Gasteiger partial charge in [-0.1, -0.05) is 0 Å². The van der Waals surface area contributed by atoms with Crippen molar-refractivity contribution in [1.82, 2.24) is 4.57 Å². The predicted octanol–water partition coefficient (Wildman–Crippen LogP) is 0.349. The fraction of sp³-hybridized carbons (Fsp3) is 0.214. The zero-order chi connectivity index (χ0) is 15.6. The highest BCUT2D eigenvalue weighted by Crippen LogP contribution is 2.35.